The minimum absolute atomic E-state index is 0. The molecule has 1 aliphatic rings. The van der Waals surface area contributed by atoms with E-state index in [9.17, 15) is 8.78 Å². The Labute approximate surface area is 180 Å². The van der Waals surface area contributed by atoms with Crippen LogP contribution in [0.5, 0.6) is 5.75 Å². The Hall–Kier alpha value is -1.94. The standard InChI is InChI=1S/C25H32F2O2.CH4/c1-3-4-19-7-13-23(14-8-19)25(26,27)29-24-15-11-22(12-16-24)21-9-5-20(6-10-21)17-18-28-2;/h7-8,11-16,20-21H,3-6,9-10,17-18H2,1-2H3;1H4. The molecule has 0 heterocycles. The molecule has 30 heavy (non-hydrogen) atoms. The highest BCUT2D eigenvalue weighted by molar-refractivity contribution is 5.31. The van der Waals surface area contributed by atoms with Crippen LogP contribution >= 0.6 is 0 Å². The van der Waals surface area contributed by atoms with Crippen LogP contribution in [0.4, 0.5) is 8.78 Å². The van der Waals surface area contributed by atoms with Gasteiger partial charge in [0.15, 0.2) is 0 Å². The van der Waals surface area contributed by atoms with Crippen LogP contribution in [0.2, 0.25) is 0 Å². The van der Waals surface area contributed by atoms with Crippen LogP contribution in [0, 0.1) is 5.92 Å². The zero-order chi connectivity index (χ0) is 20.7. The van der Waals surface area contributed by atoms with Gasteiger partial charge in [-0.3, -0.25) is 0 Å². The monoisotopic (exact) mass is 418 g/mol. The average molecular weight is 419 g/mol. The highest BCUT2D eigenvalue weighted by Gasteiger charge is 2.34. The van der Waals surface area contributed by atoms with E-state index in [1.165, 1.54) is 30.5 Å². The molecule has 2 aromatic rings. The van der Waals surface area contributed by atoms with Crippen LogP contribution in [0.25, 0.3) is 0 Å². The molecule has 0 radical (unpaired) electrons. The van der Waals surface area contributed by atoms with Crippen LogP contribution in [0.15, 0.2) is 48.5 Å². The first-order valence-electron chi connectivity index (χ1n) is 10.8. The Balaban J connectivity index is 0.00000320. The number of hydrogen-bond donors (Lipinski definition) is 0. The second-order valence-electron chi connectivity index (χ2n) is 8.13. The van der Waals surface area contributed by atoms with Crippen molar-refractivity contribution >= 4 is 0 Å². The van der Waals surface area contributed by atoms with E-state index < -0.39 is 6.11 Å². The van der Waals surface area contributed by atoms with Crippen molar-refractivity contribution in [3.63, 3.8) is 0 Å². The topological polar surface area (TPSA) is 18.5 Å². The van der Waals surface area contributed by atoms with E-state index in [0.29, 0.717) is 5.92 Å². The van der Waals surface area contributed by atoms with E-state index in [2.05, 4.69) is 6.92 Å². The molecule has 0 saturated heterocycles. The van der Waals surface area contributed by atoms with Gasteiger partial charge in [0.25, 0.3) is 0 Å². The summed E-state index contributed by atoms with van der Waals surface area (Å²) in [5.41, 5.74) is 2.17. The van der Waals surface area contributed by atoms with Crippen LogP contribution in [-0.2, 0) is 17.3 Å². The molecule has 0 unspecified atom stereocenters. The van der Waals surface area contributed by atoms with E-state index in [-0.39, 0.29) is 18.7 Å². The zero-order valence-corrected chi connectivity index (χ0v) is 17.5. The Morgan fingerprint density at radius 3 is 2.13 bits per heavy atom. The third-order valence-electron chi connectivity index (χ3n) is 6.00. The van der Waals surface area contributed by atoms with Gasteiger partial charge in [-0.15, -0.1) is 0 Å². The lowest BCUT2D eigenvalue weighted by molar-refractivity contribution is -0.185. The maximum absolute atomic E-state index is 14.5. The maximum Gasteiger partial charge on any atom is 0.426 e. The summed E-state index contributed by atoms with van der Waals surface area (Å²) in [5.74, 6) is 1.45. The quantitative estimate of drug-likeness (QED) is 0.415. The van der Waals surface area contributed by atoms with E-state index >= 15 is 0 Å². The highest BCUT2D eigenvalue weighted by Crippen LogP contribution is 2.38. The molecule has 2 nitrogen and oxygen atoms in total. The third kappa shape index (κ3) is 6.53. The normalized spacial score (nSPS) is 19.2. The van der Waals surface area contributed by atoms with E-state index in [4.69, 9.17) is 9.47 Å². The summed E-state index contributed by atoms with van der Waals surface area (Å²) in [6, 6.07) is 13.6. The van der Waals surface area contributed by atoms with Crippen LogP contribution < -0.4 is 4.74 Å². The summed E-state index contributed by atoms with van der Waals surface area (Å²) >= 11 is 0. The van der Waals surface area contributed by atoms with Crippen molar-refractivity contribution in [1.29, 1.82) is 0 Å². The van der Waals surface area contributed by atoms with E-state index in [1.807, 2.05) is 12.1 Å². The molecule has 0 aromatic heterocycles. The van der Waals surface area contributed by atoms with Crippen molar-refractivity contribution in [2.24, 2.45) is 5.92 Å². The molecule has 166 valence electrons. The molecule has 1 fully saturated rings. The van der Waals surface area contributed by atoms with Crippen molar-refractivity contribution in [2.75, 3.05) is 13.7 Å². The molecular formula is C26H36F2O2. The number of halogens is 2. The number of benzene rings is 2. The molecule has 0 amide bonds. The molecule has 4 heteroatoms. The van der Waals surface area contributed by atoms with Gasteiger partial charge in [0.2, 0.25) is 0 Å². The Morgan fingerprint density at radius 1 is 0.933 bits per heavy atom. The Kier molecular flexibility index (Phi) is 9.29. The highest BCUT2D eigenvalue weighted by atomic mass is 19.3. The predicted molar refractivity (Wildman–Crippen MR) is 119 cm³/mol. The third-order valence-corrected chi connectivity index (χ3v) is 6.00. The maximum atomic E-state index is 14.5. The second kappa shape index (κ2) is 11.5. The van der Waals surface area contributed by atoms with Crippen molar-refractivity contribution in [1.82, 2.24) is 0 Å². The number of aryl methyl sites for hydroxylation is 1. The molecule has 0 bridgehead atoms. The predicted octanol–water partition coefficient (Wildman–Crippen LogP) is 7.71. The largest absolute Gasteiger partial charge is 0.429 e. The minimum atomic E-state index is -3.34. The molecule has 1 saturated carbocycles. The first-order valence-corrected chi connectivity index (χ1v) is 10.8. The zero-order valence-electron chi connectivity index (χ0n) is 17.5. The molecule has 0 atom stereocenters. The summed E-state index contributed by atoms with van der Waals surface area (Å²) in [6.45, 7) is 2.90. The number of ether oxygens (including phenoxy) is 2. The Morgan fingerprint density at radius 2 is 1.57 bits per heavy atom. The lowest BCUT2D eigenvalue weighted by Crippen LogP contribution is -2.22. The van der Waals surface area contributed by atoms with Crippen LogP contribution in [0.1, 0.15) is 75.5 Å². The lowest BCUT2D eigenvalue weighted by Gasteiger charge is -2.28. The van der Waals surface area contributed by atoms with E-state index in [0.717, 1.165) is 50.2 Å². The van der Waals surface area contributed by atoms with Gasteiger partial charge in [-0.1, -0.05) is 45.0 Å². The summed E-state index contributed by atoms with van der Waals surface area (Å²) in [4.78, 5) is 0. The number of alkyl halides is 2. The fourth-order valence-corrected chi connectivity index (χ4v) is 4.24. The summed E-state index contributed by atoms with van der Waals surface area (Å²) in [5, 5.41) is 0. The molecule has 0 aliphatic heterocycles. The van der Waals surface area contributed by atoms with Gasteiger partial charge in [-0.05, 0) is 85.8 Å². The lowest BCUT2D eigenvalue weighted by atomic mass is 9.78. The summed E-state index contributed by atoms with van der Waals surface area (Å²) < 4.78 is 39.3. The molecule has 1 aliphatic carbocycles. The molecule has 0 spiro atoms. The van der Waals surface area contributed by atoms with Gasteiger partial charge in [0.05, 0.1) is 5.56 Å². The van der Waals surface area contributed by atoms with Gasteiger partial charge in [0.1, 0.15) is 5.75 Å². The van der Waals surface area contributed by atoms with Gasteiger partial charge in [-0.25, -0.2) is 0 Å². The van der Waals surface area contributed by atoms with Gasteiger partial charge in [-0.2, -0.15) is 8.78 Å². The molecule has 3 rings (SSSR count). The molecule has 2 aromatic carbocycles. The first kappa shape index (κ1) is 24.3. The van der Waals surface area contributed by atoms with Gasteiger partial charge < -0.3 is 9.47 Å². The fourth-order valence-electron chi connectivity index (χ4n) is 4.24. The van der Waals surface area contributed by atoms with Crippen molar-refractivity contribution < 1.29 is 18.3 Å². The molecular weight excluding hydrogens is 382 g/mol. The fraction of sp³-hybridized carbons (Fsp3) is 0.538. The second-order valence-corrected chi connectivity index (χ2v) is 8.13. The smallest absolute Gasteiger partial charge is 0.426 e. The van der Waals surface area contributed by atoms with Gasteiger partial charge >= 0.3 is 6.11 Å². The number of methoxy groups -OCH3 is 1. The SMILES string of the molecule is C.CCCc1ccc(C(F)(F)Oc2ccc(C3CCC(CCOC)CC3)cc2)cc1. The molecule has 0 N–H and O–H groups in total. The summed E-state index contributed by atoms with van der Waals surface area (Å²) in [6.07, 6.45) is 4.38. The average Bonchev–Trinajstić information content (AvgIpc) is 2.74. The van der Waals surface area contributed by atoms with Crippen LogP contribution in [0.3, 0.4) is 0 Å². The first-order chi connectivity index (χ1) is 14.0. The minimum Gasteiger partial charge on any atom is -0.429 e. The number of rotatable bonds is 9. The Bertz CT molecular complexity index is 733. The van der Waals surface area contributed by atoms with Gasteiger partial charge in [0, 0.05) is 13.7 Å². The van der Waals surface area contributed by atoms with E-state index in [1.54, 1.807) is 31.4 Å². The van der Waals surface area contributed by atoms with Crippen molar-refractivity contribution in [3.05, 3.63) is 65.2 Å². The summed E-state index contributed by atoms with van der Waals surface area (Å²) in [7, 11) is 1.75. The van der Waals surface area contributed by atoms with Crippen molar-refractivity contribution in [2.45, 2.75) is 71.3 Å². The van der Waals surface area contributed by atoms with Crippen LogP contribution in [-0.4, -0.2) is 13.7 Å². The van der Waals surface area contributed by atoms with Crippen molar-refractivity contribution in [3.8, 4) is 5.75 Å². The number of hydrogen-bond acceptors (Lipinski definition) is 2.